The normalized spacial score (nSPS) is 9.58. The van der Waals surface area contributed by atoms with Gasteiger partial charge in [-0.25, -0.2) is 0 Å². The van der Waals surface area contributed by atoms with Crippen molar-refractivity contribution in [3.05, 3.63) is 23.8 Å². The average Bonchev–Trinajstić information content (AvgIpc) is 2.16. The molecule has 0 unspecified atom stereocenters. The molecule has 0 saturated carbocycles. The molecule has 2 nitrogen and oxygen atoms in total. The van der Waals surface area contributed by atoms with Gasteiger partial charge in [-0.1, -0.05) is 22.0 Å². The lowest BCUT2D eigenvalue weighted by atomic mass is 10.2. The zero-order valence-electron chi connectivity index (χ0n) is 7.13. The Kier molecular flexibility index (Phi) is 3.41. The number of benzene rings is 1. The fraction of sp³-hybridized carbons (Fsp3) is 0.333. The minimum atomic E-state index is 0.736. The second kappa shape index (κ2) is 4.36. The molecule has 0 aromatic heterocycles. The second-order valence-electron chi connectivity index (χ2n) is 2.27. The molecule has 0 aliphatic carbocycles. The number of ether oxygens (including phenoxy) is 2. The summed E-state index contributed by atoms with van der Waals surface area (Å²) in [5, 5.41) is 0.736. The van der Waals surface area contributed by atoms with Crippen molar-refractivity contribution in [1.82, 2.24) is 0 Å². The summed E-state index contributed by atoms with van der Waals surface area (Å²) >= 11 is 3.38. The molecule has 12 heavy (non-hydrogen) atoms. The van der Waals surface area contributed by atoms with E-state index in [0.29, 0.717) is 0 Å². The molecule has 0 aliphatic heterocycles. The minimum Gasteiger partial charge on any atom is -0.496 e. The van der Waals surface area contributed by atoms with Crippen molar-refractivity contribution in [3.63, 3.8) is 0 Å². The molecular weight excluding hydrogens is 220 g/mol. The quantitative estimate of drug-likeness (QED) is 0.744. The lowest BCUT2D eigenvalue weighted by Gasteiger charge is -2.09. The SMILES string of the molecule is COc1cccc(OC)c1CBr. The molecule has 1 aromatic rings. The van der Waals surface area contributed by atoms with Gasteiger partial charge >= 0.3 is 0 Å². The maximum atomic E-state index is 5.17. The summed E-state index contributed by atoms with van der Waals surface area (Å²) in [6.07, 6.45) is 0. The molecule has 3 heteroatoms. The van der Waals surface area contributed by atoms with Crippen LogP contribution in [0.4, 0.5) is 0 Å². The van der Waals surface area contributed by atoms with Gasteiger partial charge in [0.25, 0.3) is 0 Å². The van der Waals surface area contributed by atoms with E-state index in [2.05, 4.69) is 15.9 Å². The fourth-order valence-corrected chi connectivity index (χ4v) is 1.61. The van der Waals surface area contributed by atoms with Crippen molar-refractivity contribution in [3.8, 4) is 11.5 Å². The molecule has 0 radical (unpaired) electrons. The topological polar surface area (TPSA) is 18.5 Å². The molecule has 1 aromatic carbocycles. The minimum absolute atomic E-state index is 0.736. The van der Waals surface area contributed by atoms with Crippen LogP contribution in [0.1, 0.15) is 5.56 Å². The Morgan fingerprint density at radius 2 is 1.67 bits per heavy atom. The molecule has 0 fully saturated rings. The van der Waals surface area contributed by atoms with Crippen LogP contribution < -0.4 is 9.47 Å². The second-order valence-corrected chi connectivity index (χ2v) is 2.84. The fourth-order valence-electron chi connectivity index (χ4n) is 1.06. The lowest BCUT2D eigenvalue weighted by molar-refractivity contribution is 0.388. The van der Waals surface area contributed by atoms with Gasteiger partial charge in [0.2, 0.25) is 0 Å². The first-order valence-electron chi connectivity index (χ1n) is 3.59. The Morgan fingerprint density at radius 1 is 1.17 bits per heavy atom. The zero-order valence-corrected chi connectivity index (χ0v) is 8.72. The van der Waals surface area contributed by atoms with Crippen molar-refractivity contribution >= 4 is 15.9 Å². The van der Waals surface area contributed by atoms with Gasteiger partial charge in [-0.2, -0.15) is 0 Å². The van der Waals surface area contributed by atoms with Crippen LogP contribution in [-0.2, 0) is 5.33 Å². The van der Waals surface area contributed by atoms with Crippen molar-refractivity contribution in [1.29, 1.82) is 0 Å². The Balaban J connectivity index is 3.13. The summed E-state index contributed by atoms with van der Waals surface area (Å²) in [6.45, 7) is 0. The number of methoxy groups -OCH3 is 2. The Bertz CT molecular complexity index is 238. The molecule has 0 heterocycles. The molecule has 0 saturated heterocycles. The van der Waals surface area contributed by atoms with E-state index in [0.717, 1.165) is 22.4 Å². The highest BCUT2D eigenvalue weighted by Gasteiger charge is 2.06. The van der Waals surface area contributed by atoms with Gasteiger partial charge < -0.3 is 9.47 Å². The zero-order chi connectivity index (χ0) is 8.97. The largest absolute Gasteiger partial charge is 0.496 e. The smallest absolute Gasteiger partial charge is 0.126 e. The first-order chi connectivity index (χ1) is 5.83. The number of hydrogen-bond acceptors (Lipinski definition) is 2. The van der Waals surface area contributed by atoms with E-state index >= 15 is 0 Å². The van der Waals surface area contributed by atoms with Crippen LogP contribution in [0.3, 0.4) is 0 Å². The van der Waals surface area contributed by atoms with Gasteiger partial charge in [0, 0.05) is 10.9 Å². The Labute approximate surface area is 80.6 Å². The van der Waals surface area contributed by atoms with E-state index in [4.69, 9.17) is 9.47 Å². The lowest BCUT2D eigenvalue weighted by Crippen LogP contribution is -1.93. The van der Waals surface area contributed by atoms with E-state index in [1.807, 2.05) is 18.2 Å². The van der Waals surface area contributed by atoms with Crippen LogP contribution in [0.25, 0.3) is 0 Å². The van der Waals surface area contributed by atoms with E-state index < -0.39 is 0 Å². The predicted molar refractivity (Wildman–Crippen MR) is 52.2 cm³/mol. The van der Waals surface area contributed by atoms with Crippen molar-refractivity contribution < 1.29 is 9.47 Å². The van der Waals surface area contributed by atoms with Gasteiger partial charge in [0.05, 0.1) is 14.2 Å². The molecule has 0 spiro atoms. The molecule has 0 amide bonds. The van der Waals surface area contributed by atoms with Crippen LogP contribution >= 0.6 is 15.9 Å². The summed E-state index contributed by atoms with van der Waals surface area (Å²) in [6, 6.07) is 5.74. The van der Waals surface area contributed by atoms with Gasteiger partial charge in [0.1, 0.15) is 11.5 Å². The summed E-state index contributed by atoms with van der Waals surface area (Å²) in [5.74, 6) is 1.71. The summed E-state index contributed by atoms with van der Waals surface area (Å²) in [5.41, 5.74) is 1.04. The first kappa shape index (κ1) is 9.39. The Hall–Kier alpha value is -0.700. The summed E-state index contributed by atoms with van der Waals surface area (Å²) < 4.78 is 10.3. The third-order valence-electron chi connectivity index (χ3n) is 1.66. The molecule has 0 bridgehead atoms. The summed E-state index contributed by atoms with van der Waals surface area (Å²) in [7, 11) is 3.31. The van der Waals surface area contributed by atoms with Crippen molar-refractivity contribution in [2.24, 2.45) is 0 Å². The monoisotopic (exact) mass is 230 g/mol. The molecule has 66 valence electrons. The average molecular weight is 231 g/mol. The first-order valence-corrected chi connectivity index (χ1v) is 4.71. The van der Waals surface area contributed by atoms with E-state index in [1.54, 1.807) is 14.2 Å². The number of alkyl halides is 1. The predicted octanol–water partition coefficient (Wildman–Crippen LogP) is 2.60. The molecule has 0 atom stereocenters. The molecule has 0 aliphatic rings. The number of rotatable bonds is 3. The maximum Gasteiger partial charge on any atom is 0.126 e. The highest BCUT2D eigenvalue weighted by Crippen LogP contribution is 2.29. The van der Waals surface area contributed by atoms with Gasteiger partial charge in [-0.3, -0.25) is 0 Å². The van der Waals surface area contributed by atoms with Crippen LogP contribution in [-0.4, -0.2) is 14.2 Å². The maximum absolute atomic E-state index is 5.17. The number of hydrogen-bond donors (Lipinski definition) is 0. The Morgan fingerprint density at radius 3 is 2.00 bits per heavy atom. The third-order valence-corrected chi connectivity index (χ3v) is 2.22. The summed E-state index contributed by atoms with van der Waals surface area (Å²) in [4.78, 5) is 0. The van der Waals surface area contributed by atoms with E-state index in [-0.39, 0.29) is 0 Å². The molecular formula is C9H11BrO2. The van der Waals surface area contributed by atoms with E-state index in [1.165, 1.54) is 0 Å². The number of halogens is 1. The van der Waals surface area contributed by atoms with E-state index in [9.17, 15) is 0 Å². The van der Waals surface area contributed by atoms with Crippen LogP contribution in [0.2, 0.25) is 0 Å². The van der Waals surface area contributed by atoms with Gasteiger partial charge in [-0.05, 0) is 12.1 Å². The van der Waals surface area contributed by atoms with Crippen molar-refractivity contribution in [2.45, 2.75) is 5.33 Å². The third kappa shape index (κ3) is 1.72. The highest BCUT2D eigenvalue weighted by molar-refractivity contribution is 9.08. The van der Waals surface area contributed by atoms with Crippen LogP contribution in [0.15, 0.2) is 18.2 Å². The van der Waals surface area contributed by atoms with Gasteiger partial charge in [-0.15, -0.1) is 0 Å². The van der Waals surface area contributed by atoms with Crippen LogP contribution in [0, 0.1) is 0 Å². The van der Waals surface area contributed by atoms with Gasteiger partial charge in [0.15, 0.2) is 0 Å². The standard InChI is InChI=1S/C9H11BrO2/c1-11-8-4-3-5-9(12-2)7(8)6-10/h3-5H,6H2,1-2H3. The molecule has 1 rings (SSSR count). The van der Waals surface area contributed by atoms with Crippen molar-refractivity contribution in [2.75, 3.05) is 14.2 Å². The molecule has 0 N–H and O–H groups in total. The van der Waals surface area contributed by atoms with Crippen LogP contribution in [0.5, 0.6) is 11.5 Å². The highest BCUT2D eigenvalue weighted by atomic mass is 79.9.